The minimum Gasteiger partial charge on any atom is -0.347 e. The molecule has 2 aliphatic rings. The summed E-state index contributed by atoms with van der Waals surface area (Å²) in [6.07, 6.45) is 6.68. The van der Waals surface area contributed by atoms with Gasteiger partial charge in [-0.05, 0) is 60.9 Å². The number of carbonyl (C=O) groups excluding carboxylic acids is 1. The molecule has 2 bridgehead atoms. The zero-order valence-corrected chi connectivity index (χ0v) is 18.5. The third-order valence-electron chi connectivity index (χ3n) is 6.20. The van der Waals surface area contributed by atoms with Crippen molar-refractivity contribution in [2.45, 2.75) is 55.2 Å². The van der Waals surface area contributed by atoms with Crippen LogP contribution in [0.1, 0.15) is 40.9 Å². The molecule has 162 valence electrons. The van der Waals surface area contributed by atoms with Crippen LogP contribution < -0.4 is 11.1 Å². The highest BCUT2D eigenvalue weighted by Crippen LogP contribution is 2.39. The molecule has 0 radical (unpaired) electrons. The lowest BCUT2D eigenvalue weighted by atomic mass is 10.0. The van der Waals surface area contributed by atoms with E-state index in [9.17, 15) is 13.2 Å². The van der Waals surface area contributed by atoms with Crippen molar-refractivity contribution in [3.63, 3.8) is 0 Å². The predicted molar refractivity (Wildman–Crippen MR) is 120 cm³/mol. The van der Waals surface area contributed by atoms with Gasteiger partial charge in [0.15, 0.2) is 0 Å². The molecule has 2 aromatic heterocycles. The highest BCUT2D eigenvalue weighted by molar-refractivity contribution is 7.89. The van der Waals surface area contributed by atoms with E-state index >= 15 is 0 Å². The van der Waals surface area contributed by atoms with Crippen LogP contribution in [-0.4, -0.2) is 41.7 Å². The minimum atomic E-state index is -3.54. The Hall–Kier alpha value is -2.33. The molecule has 1 aromatic carbocycles. The maximum atomic E-state index is 13.2. The summed E-state index contributed by atoms with van der Waals surface area (Å²) in [6, 6.07) is 10.6. The van der Waals surface area contributed by atoms with Crippen molar-refractivity contribution >= 4 is 37.4 Å². The molecule has 0 unspecified atom stereocenters. The summed E-state index contributed by atoms with van der Waals surface area (Å²) in [6.45, 7) is 0.329. The Morgan fingerprint density at radius 3 is 2.55 bits per heavy atom. The van der Waals surface area contributed by atoms with E-state index in [-0.39, 0.29) is 24.0 Å². The first-order valence-electron chi connectivity index (χ1n) is 10.4. The van der Waals surface area contributed by atoms with E-state index in [1.807, 2.05) is 12.1 Å². The number of hydrogen-bond donors (Lipinski definition) is 2. The van der Waals surface area contributed by atoms with E-state index in [0.29, 0.717) is 16.3 Å². The largest absolute Gasteiger partial charge is 0.347 e. The van der Waals surface area contributed by atoms with Crippen LogP contribution in [0.4, 0.5) is 0 Å². The zero-order valence-electron chi connectivity index (χ0n) is 16.9. The smallest absolute Gasteiger partial charge is 0.261 e. The molecule has 5 rings (SSSR count). The van der Waals surface area contributed by atoms with Gasteiger partial charge in [0.2, 0.25) is 10.0 Å². The number of benzene rings is 1. The Bertz CT molecular complexity index is 1180. The van der Waals surface area contributed by atoms with E-state index in [1.165, 1.54) is 11.3 Å². The second-order valence-corrected chi connectivity index (χ2v) is 11.2. The van der Waals surface area contributed by atoms with Gasteiger partial charge in [0, 0.05) is 37.1 Å². The molecular weight excluding hydrogens is 432 g/mol. The lowest BCUT2D eigenvalue weighted by molar-refractivity contribution is 0.0955. The minimum absolute atomic E-state index is 0.00854. The van der Waals surface area contributed by atoms with Gasteiger partial charge in [0.1, 0.15) is 0 Å². The number of amides is 1. The molecule has 3 aromatic rings. The number of carbonyl (C=O) groups is 1. The van der Waals surface area contributed by atoms with Crippen LogP contribution in [0.15, 0.2) is 53.7 Å². The predicted octanol–water partition coefficient (Wildman–Crippen LogP) is 2.87. The number of nitrogens with zero attached hydrogens (tertiary/aromatic N) is 2. The van der Waals surface area contributed by atoms with Gasteiger partial charge in [-0.25, -0.2) is 8.42 Å². The fourth-order valence-corrected chi connectivity index (χ4v) is 7.57. The summed E-state index contributed by atoms with van der Waals surface area (Å²) in [4.78, 5) is 17.5. The number of rotatable bonds is 5. The maximum absolute atomic E-state index is 13.2. The number of aromatic nitrogens is 1. The summed E-state index contributed by atoms with van der Waals surface area (Å²) >= 11 is 1.40. The molecule has 7 nitrogen and oxygen atoms in total. The molecule has 2 aliphatic heterocycles. The van der Waals surface area contributed by atoms with Crippen molar-refractivity contribution in [1.82, 2.24) is 14.6 Å². The molecule has 1 amide bonds. The molecule has 3 N–H and O–H groups in total. The second kappa shape index (κ2) is 7.98. The van der Waals surface area contributed by atoms with Crippen molar-refractivity contribution in [3.05, 3.63) is 59.2 Å². The van der Waals surface area contributed by atoms with E-state index in [2.05, 4.69) is 10.3 Å². The standard InChI is InChI=1S/C22H24N4O3S2/c23-16-10-17-3-4-18(11-16)26(17)31(28,29)19-5-1-14(2-6-19)12-25-22(27)20-9-15-7-8-24-13-21(15)30-20/h1-2,5-9,13,16-18H,3-4,10-12,23H2,(H,25,27)/t16-,17+,18-. The molecule has 4 heterocycles. The van der Waals surface area contributed by atoms with Gasteiger partial charge >= 0.3 is 0 Å². The van der Waals surface area contributed by atoms with Crippen LogP contribution in [0.25, 0.3) is 10.1 Å². The number of fused-ring (bicyclic) bond motifs is 3. The number of sulfonamides is 1. The molecule has 2 saturated heterocycles. The summed E-state index contributed by atoms with van der Waals surface area (Å²) in [5.41, 5.74) is 6.93. The highest BCUT2D eigenvalue weighted by atomic mass is 32.2. The lowest BCUT2D eigenvalue weighted by Crippen LogP contribution is -2.49. The van der Waals surface area contributed by atoms with Gasteiger partial charge in [0.05, 0.1) is 14.5 Å². The summed E-state index contributed by atoms with van der Waals surface area (Å²) < 4.78 is 29.1. The fourth-order valence-electron chi connectivity index (χ4n) is 4.74. The molecule has 31 heavy (non-hydrogen) atoms. The average Bonchev–Trinajstić information content (AvgIpc) is 3.32. The Morgan fingerprint density at radius 2 is 1.87 bits per heavy atom. The van der Waals surface area contributed by atoms with Crippen LogP contribution in [0.2, 0.25) is 0 Å². The van der Waals surface area contributed by atoms with E-state index in [0.717, 1.165) is 41.3 Å². The molecule has 9 heteroatoms. The SMILES string of the molecule is N[C@H]1C[C@H]2CC[C@@H](C1)N2S(=O)(=O)c1ccc(CNC(=O)c2cc3ccncc3s2)cc1. The number of nitrogens with one attached hydrogen (secondary N) is 1. The number of piperidine rings is 1. The molecule has 0 spiro atoms. The van der Waals surface area contributed by atoms with Crippen LogP contribution in [0.5, 0.6) is 0 Å². The van der Waals surface area contributed by atoms with Crippen LogP contribution in [0.3, 0.4) is 0 Å². The number of thiophene rings is 1. The van der Waals surface area contributed by atoms with E-state index in [1.54, 1.807) is 41.0 Å². The Labute approximate surface area is 185 Å². The first-order chi connectivity index (χ1) is 14.9. The third-order valence-corrected chi connectivity index (χ3v) is 9.30. The van der Waals surface area contributed by atoms with Crippen LogP contribution >= 0.6 is 11.3 Å². The van der Waals surface area contributed by atoms with Gasteiger partial charge in [0.25, 0.3) is 5.91 Å². The lowest BCUT2D eigenvalue weighted by Gasteiger charge is -2.36. The Kier molecular flexibility index (Phi) is 5.29. The molecule has 0 saturated carbocycles. The molecule has 0 aliphatic carbocycles. The number of pyridine rings is 1. The summed E-state index contributed by atoms with van der Waals surface area (Å²) in [7, 11) is -3.54. The average molecular weight is 457 g/mol. The van der Waals surface area contributed by atoms with E-state index in [4.69, 9.17) is 5.73 Å². The monoisotopic (exact) mass is 456 g/mol. The number of nitrogens with two attached hydrogens (primary N) is 1. The van der Waals surface area contributed by atoms with Crippen LogP contribution in [0, 0.1) is 0 Å². The highest BCUT2D eigenvalue weighted by Gasteiger charge is 2.46. The Balaban J connectivity index is 1.26. The van der Waals surface area contributed by atoms with Crippen molar-refractivity contribution in [3.8, 4) is 0 Å². The van der Waals surface area contributed by atoms with Gasteiger partial charge < -0.3 is 11.1 Å². The van der Waals surface area contributed by atoms with Gasteiger partial charge in [-0.3, -0.25) is 9.78 Å². The Morgan fingerprint density at radius 1 is 1.16 bits per heavy atom. The topological polar surface area (TPSA) is 105 Å². The van der Waals surface area contributed by atoms with Crippen molar-refractivity contribution < 1.29 is 13.2 Å². The van der Waals surface area contributed by atoms with Gasteiger partial charge in [-0.1, -0.05) is 12.1 Å². The molecular formula is C22H24N4O3S2. The first-order valence-corrected chi connectivity index (χ1v) is 12.7. The number of hydrogen-bond acceptors (Lipinski definition) is 6. The molecule has 2 fully saturated rings. The quantitative estimate of drug-likeness (QED) is 0.614. The molecule has 3 atom stereocenters. The van der Waals surface area contributed by atoms with Crippen LogP contribution in [-0.2, 0) is 16.6 Å². The maximum Gasteiger partial charge on any atom is 0.261 e. The second-order valence-electron chi connectivity index (χ2n) is 8.30. The normalized spacial score (nSPS) is 23.8. The zero-order chi connectivity index (χ0) is 21.6. The van der Waals surface area contributed by atoms with E-state index < -0.39 is 10.0 Å². The summed E-state index contributed by atoms with van der Waals surface area (Å²) in [5.74, 6) is -0.154. The first kappa shape index (κ1) is 20.6. The summed E-state index contributed by atoms with van der Waals surface area (Å²) in [5, 5.41) is 3.90. The van der Waals surface area contributed by atoms with Crippen molar-refractivity contribution in [2.75, 3.05) is 0 Å². The third kappa shape index (κ3) is 3.87. The fraction of sp³-hybridized carbons (Fsp3) is 0.364. The van der Waals surface area contributed by atoms with Gasteiger partial charge in [-0.2, -0.15) is 4.31 Å². The van der Waals surface area contributed by atoms with Crippen molar-refractivity contribution in [1.29, 1.82) is 0 Å². The van der Waals surface area contributed by atoms with Gasteiger partial charge in [-0.15, -0.1) is 11.3 Å². The van der Waals surface area contributed by atoms with Crippen molar-refractivity contribution in [2.24, 2.45) is 5.73 Å².